The van der Waals surface area contributed by atoms with Gasteiger partial charge in [-0.2, -0.15) is 5.10 Å². The van der Waals surface area contributed by atoms with E-state index in [1.54, 1.807) is 12.1 Å². The lowest BCUT2D eigenvalue weighted by atomic mass is 9.79. The number of hydrogen-bond donors (Lipinski definition) is 0. The van der Waals surface area contributed by atoms with Gasteiger partial charge >= 0.3 is 0 Å². The van der Waals surface area contributed by atoms with Crippen LogP contribution in [0, 0.1) is 11.2 Å². The summed E-state index contributed by atoms with van der Waals surface area (Å²) in [6, 6.07) is 6.89. The van der Waals surface area contributed by atoms with E-state index in [-0.39, 0.29) is 5.82 Å². The molecule has 5 heteroatoms. The maximum atomic E-state index is 13.0. The highest BCUT2D eigenvalue weighted by atomic mass is 19.1. The van der Waals surface area contributed by atoms with Gasteiger partial charge < -0.3 is 0 Å². The molecule has 122 valence electrons. The Morgan fingerprint density at radius 3 is 2.43 bits per heavy atom. The fourth-order valence-corrected chi connectivity index (χ4v) is 4.09. The first-order chi connectivity index (χ1) is 11.1. The Bertz CT molecular complexity index is 673. The van der Waals surface area contributed by atoms with Crippen molar-refractivity contribution in [2.24, 2.45) is 12.5 Å². The van der Waals surface area contributed by atoms with Crippen molar-refractivity contribution >= 4 is 0 Å². The van der Waals surface area contributed by atoms with Crippen molar-refractivity contribution < 1.29 is 4.39 Å². The Labute approximate surface area is 136 Å². The number of hydrogen-bond acceptors (Lipinski definition) is 3. The minimum Gasteiger partial charge on any atom is -0.298 e. The molecule has 1 aromatic carbocycles. The van der Waals surface area contributed by atoms with Gasteiger partial charge in [-0.15, -0.1) is 0 Å². The number of nitrogens with zero attached hydrogens (tertiary/aromatic N) is 4. The number of halogens is 1. The second kappa shape index (κ2) is 5.73. The Morgan fingerprint density at radius 1 is 1.04 bits per heavy atom. The van der Waals surface area contributed by atoms with Crippen LogP contribution >= 0.6 is 0 Å². The largest absolute Gasteiger partial charge is 0.298 e. The van der Waals surface area contributed by atoms with E-state index in [4.69, 9.17) is 0 Å². The van der Waals surface area contributed by atoms with Gasteiger partial charge in [-0.25, -0.2) is 4.39 Å². The molecule has 0 amide bonds. The van der Waals surface area contributed by atoms with Crippen molar-refractivity contribution in [3.63, 3.8) is 0 Å². The standard InChI is InChI=1S/C18H23FN4/c1-21-9-16(8-20-21)11-22-7-6-18(12-22)13-23(14-18)10-15-2-4-17(19)5-3-15/h2-5,8-9H,6-7,10-14H2,1H3. The zero-order valence-electron chi connectivity index (χ0n) is 13.6. The summed E-state index contributed by atoms with van der Waals surface area (Å²) in [7, 11) is 1.97. The Morgan fingerprint density at radius 2 is 1.74 bits per heavy atom. The van der Waals surface area contributed by atoms with E-state index in [1.165, 1.54) is 30.6 Å². The summed E-state index contributed by atoms with van der Waals surface area (Å²) in [5.74, 6) is -0.157. The molecule has 2 aliphatic heterocycles. The molecular formula is C18H23FN4. The minimum absolute atomic E-state index is 0.157. The maximum Gasteiger partial charge on any atom is 0.123 e. The first kappa shape index (κ1) is 14.8. The first-order valence-corrected chi connectivity index (χ1v) is 8.27. The molecule has 1 spiro atoms. The van der Waals surface area contributed by atoms with Crippen LogP contribution in [-0.4, -0.2) is 45.8 Å². The molecule has 0 unspecified atom stereocenters. The predicted molar refractivity (Wildman–Crippen MR) is 87.2 cm³/mol. The molecule has 0 atom stereocenters. The second-order valence-electron chi connectivity index (χ2n) is 7.25. The van der Waals surface area contributed by atoms with Crippen molar-refractivity contribution in [1.82, 2.24) is 19.6 Å². The maximum absolute atomic E-state index is 13.0. The SMILES string of the molecule is Cn1cc(CN2CCC3(C2)CN(Cc2ccc(F)cc2)C3)cn1. The number of likely N-dealkylation sites (tertiary alicyclic amines) is 2. The van der Waals surface area contributed by atoms with E-state index in [0.717, 1.165) is 26.2 Å². The van der Waals surface area contributed by atoms with Gasteiger partial charge in [-0.3, -0.25) is 14.5 Å². The van der Waals surface area contributed by atoms with Crippen LogP contribution in [0.2, 0.25) is 0 Å². The quantitative estimate of drug-likeness (QED) is 0.865. The zero-order chi connectivity index (χ0) is 15.9. The highest BCUT2D eigenvalue weighted by Gasteiger charge is 2.47. The average Bonchev–Trinajstić information content (AvgIpc) is 3.08. The van der Waals surface area contributed by atoms with E-state index >= 15 is 0 Å². The molecular weight excluding hydrogens is 291 g/mol. The van der Waals surface area contributed by atoms with Crippen LogP contribution in [-0.2, 0) is 20.1 Å². The van der Waals surface area contributed by atoms with Gasteiger partial charge in [0.1, 0.15) is 5.82 Å². The minimum atomic E-state index is -0.157. The molecule has 2 fully saturated rings. The van der Waals surface area contributed by atoms with Crippen LogP contribution in [0.5, 0.6) is 0 Å². The summed E-state index contributed by atoms with van der Waals surface area (Å²) >= 11 is 0. The molecule has 1 aromatic heterocycles. The number of aromatic nitrogens is 2. The molecule has 2 aliphatic rings. The van der Waals surface area contributed by atoms with Gasteiger partial charge in [0, 0.05) is 56.9 Å². The van der Waals surface area contributed by atoms with Crippen LogP contribution in [0.1, 0.15) is 17.5 Å². The van der Waals surface area contributed by atoms with Gasteiger partial charge in [0.15, 0.2) is 0 Å². The van der Waals surface area contributed by atoms with Crippen LogP contribution in [0.15, 0.2) is 36.7 Å². The number of benzene rings is 1. The molecule has 0 saturated carbocycles. The number of rotatable bonds is 4. The van der Waals surface area contributed by atoms with Crippen molar-refractivity contribution in [1.29, 1.82) is 0 Å². The highest BCUT2D eigenvalue weighted by Crippen LogP contribution is 2.40. The molecule has 2 saturated heterocycles. The normalized spacial score (nSPS) is 21.0. The van der Waals surface area contributed by atoms with Gasteiger partial charge in [0.25, 0.3) is 0 Å². The van der Waals surface area contributed by atoms with E-state index in [9.17, 15) is 4.39 Å². The Balaban J connectivity index is 1.28. The Hall–Kier alpha value is -1.72. The summed E-state index contributed by atoms with van der Waals surface area (Å²) in [4.78, 5) is 5.02. The molecule has 0 N–H and O–H groups in total. The van der Waals surface area contributed by atoms with Crippen molar-refractivity contribution in [3.05, 3.63) is 53.6 Å². The summed E-state index contributed by atoms with van der Waals surface area (Å²) in [5.41, 5.74) is 2.97. The molecule has 2 aromatic rings. The highest BCUT2D eigenvalue weighted by molar-refractivity contribution is 5.17. The fourth-order valence-electron chi connectivity index (χ4n) is 4.09. The van der Waals surface area contributed by atoms with Crippen LogP contribution in [0.3, 0.4) is 0 Å². The van der Waals surface area contributed by atoms with E-state index < -0.39 is 0 Å². The summed E-state index contributed by atoms with van der Waals surface area (Å²) < 4.78 is 14.8. The van der Waals surface area contributed by atoms with Gasteiger partial charge in [-0.1, -0.05) is 12.1 Å². The summed E-state index contributed by atoms with van der Waals surface area (Å²) in [5, 5.41) is 4.25. The van der Waals surface area contributed by atoms with E-state index in [1.807, 2.05) is 30.1 Å². The van der Waals surface area contributed by atoms with E-state index in [0.29, 0.717) is 5.41 Å². The van der Waals surface area contributed by atoms with Crippen LogP contribution in [0.25, 0.3) is 0 Å². The molecule has 0 aliphatic carbocycles. The predicted octanol–water partition coefficient (Wildman–Crippen LogP) is 2.27. The molecule has 4 rings (SSSR count). The monoisotopic (exact) mass is 314 g/mol. The van der Waals surface area contributed by atoms with Crippen LogP contribution in [0.4, 0.5) is 4.39 Å². The third kappa shape index (κ3) is 3.16. The van der Waals surface area contributed by atoms with Crippen LogP contribution < -0.4 is 0 Å². The summed E-state index contributed by atoms with van der Waals surface area (Å²) in [6.45, 7) is 6.63. The summed E-state index contributed by atoms with van der Waals surface area (Å²) in [6.07, 6.45) is 5.35. The first-order valence-electron chi connectivity index (χ1n) is 8.27. The third-order valence-electron chi connectivity index (χ3n) is 5.12. The average molecular weight is 314 g/mol. The smallest absolute Gasteiger partial charge is 0.123 e. The fraction of sp³-hybridized carbons (Fsp3) is 0.500. The van der Waals surface area contributed by atoms with Crippen molar-refractivity contribution in [3.8, 4) is 0 Å². The van der Waals surface area contributed by atoms with E-state index in [2.05, 4.69) is 21.1 Å². The zero-order valence-corrected chi connectivity index (χ0v) is 13.6. The lowest BCUT2D eigenvalue weighted by Crippen LogP contribution is -2.56. The topological polar surface area (TPSA) is 24.3 Å². The van der Waals surface area contributed by atoms with Gasteiger partial charge in [0.2, 0.25) is 0 Å². The second-order valence-corrected chi connectivity index (χ2v) is 7.25. The lowest BCUT2D eigenvalue weighted by molar-refractivity contribution is 0.00159. The molecule has 3 heterocycles. The molecule has 4 nitrogen and oxygen atoms in total. The molecule has 0 bridgehead atoms. The van der Waals surface area contributed by atoms with Gasteiger partial charge in [-0.05, 0) is 30.7 Å². The third-order valence-corrected chi connectivity index (χ3v) is 5.12. The molecule has 23 heavy (non-hydrogen) atoms. The lowest BCUT2D eigenvalue weighted by Gasteiger charge is -2.48. The van der Waals surface area contributed by atoms with Crippen molar-refractivity contribution in [2.75, 3.05) is 26.2 Å². The number of aryl methyl sites for hydroxylation is 1. The van der Waals surface area contributed by atoms with Gasteiger partial charge in [0.05, 0.1) is 6.20 Å². The van der Waals surface area contributed by atoms with Crippen molar-refractivity contribution in [2.45, 2.75) is 19.5 Å². The Kier molecular flexibility index (Phi) is 3.70. The molecule has 0 radical (unpaired) electrons.